The number of ether oxygens (including phenoxy) is 2. The average molecular weight is 343 g/mol. The smallest absolute Gasteiger partial charge is 0.312 e. The van der Waals surface area contributed by atoms with Gasteiger partial charge in [0.2, 0.25) is 6.29 Å². The molecule has 0 bridgehead atoms. The first-order valence-corrected chi connectivity index (χ1v) is 6.32. The lowest BCUT2D eigenvalue weighted by atomic mass is 9.97. The van der Waals surface area contributed by atoms with Gasteiger partial charge in [0.1, 0.15) is 6.10 Å². The van der Waals surface area contributed by atoms with E-state index in [-0.39, 0.29) is 6.07 Å². The van der Waals surface area contributed by atoms with E-state index in [1.54, 1.807) is 0 Å². The second-order valence-corrected chi connectivity index (χ2v) is 4.68. The van der Waals surface area contributed by atoms with Crippen LogP contribution in [0.2, 0.25) is 0 Å². The van der Waals surface area contributed by atoms with E-state index in [4.69, 9.17) is 4.74 Å². The lowest BCUT2D eigenvalue weighted by molar-refractivity contribution is -0.0735. The standard InChI is InChI=1S/C13H11F6NO3/c1-22-11(6-3-7(21)23-13(20-6)12(18)19)8-9(16)4(14)2-5(15)10(8)17/h2,6-7,11-12,21H,3H2,1H3. The quantitative estimate of drug-likeness (QED) is 0.676. The SMILES string of the molecule is COC(c1c(F)c(F)cc(F)c1F)C1CC(O)OC(C(F)F)=N1. The Hall–Kier alpha value is -1.81. The second-order valence-electron chi connectivity index (χ2n) is 4.68. The normalized spacial score (nSPS) is 22.7. The van der Waals surface area contributed by atoms with Crippen molar-refractivity contribution < 1.29 is 40.9 Å². The first-order valence-electron chi connectivity index (χ1n) is 6.32. The Morgan fingerprint density at radius 3 is 2.26 bits per heavy atom. The van der Waals surface area contributed by atoms with Crippen molar-refractivity contribution in [2.45, 2.75) is 31.3 Å². The predicted molar refractivity (Wildman–Crippen MR) is 65.0 cm³/mol. The summed E-state index contributed by atoms with van der Waals surface area (Å²) in [4.78, 5) is 3.40. The Morgan fingerprint density at radius 1 is 1.22 bits per heavy atom. The van der Waals surface area contributed by atoms with E-state index < -0.39 is 66.0 Å². The Morgan fingerprint density at radius 2 is 1.78 bits per heavy atom. The highest BCUT2D eigenvalue weighted by Gasteiger charge is 2.37. The molecule has 0 radical (unpaired) electrons. The van der Waals surface area contributed by atoms with Crippen molar-refractivity contribution in [1.29, 1.82) is 0 Å². The van der Waals surface area contributed by atoms with Crippen LogP contribution in [0.1, 0.15) is 18.1 Å². The fourth-order valence-electron chi connectivity index (χ4n) is 2.25. The van der Waals surface area contributed by atoms with Crippen molar-refractivity contribution in [3.8, 4) is 0 Å². The molecule has 1 aliphatic heterocycles. The molecule has 0 aromatic heterocycles. The summed E-state index contributed by atoms with van der Waals surface area (Å²) in [5.74, 6) is -7.97. The summed E-state index contributed by atoms with van der Waals surface area (Å²) in [6.07, 6.45) is -7.13. The number of halogens is 6. The summed E-state index contributed by atoms with van der Waals surface area (Å²) in [5.41, 5.74) is -1.14. The number of aliphatic hydroxyl groups is 1. The summed E-state index contributed by atoms with van der Waals surface area (Å²) >= 11 is 0. The van der Waals surface area contributed by atoms with Gasteiger partial charge in [-0.3, -0.25) is 0 Å². The molecule has 1 aromatic carbocycles. The monoisotopic (exact) mass is 343 g/mol. The molecule has 0 saturated carbocycles. The highest BCUT2D eigenvalue weighted by molar-refractivity contribution is 5.80. The molecule has 0 aliphatic carbocycles. The minimum Gasteiger partial charge on any atom is -0.447 e. The van der Waals surface area contributed by atoms with Gasteiger partial charge in [-0.15, -0.1) is 0 Å². The lowest BCUT2D eigenvalue weighted by Crippen LogP contribution is -2.36. The summed E-state index contributed by atoms with van der Waals surface area (Å²) in [6.45, 7) is 0. The zero-order valence-electron chi connectivity index (χ0n) is 11.6. The van der Waals surface area contributed by atoms with Gasteiger partial charge in [-0.25, -0.2) is 22.6 Å². The van der Waals surface area contributed by atoms with E-state index in [9.17, 15) is 31.4 Å². The molecule has 10 heteroatoms. The molecule has 128 valence electrons. The van der Waals surface area contributed by atoms with Crippen molar-refractivity contribution in [3.05, 3.63) is 34.9 Å². The number of alkyl halides is 2. The van der Waals surface area contributed by atoms with E-state index in [1.165, 1.54) is 0 Å². The van der Waals surface area contributed by atoms with Crippen LogP contribution in [0.4, 0.5) is 26.3 Å². The number of aliphatic imine (C=N–C) groups is 1. The van der Waals surface area contributed by atoms with Crippen LogP contribution in [-0.4, -0.2) is 36.9 Å². The van der Waals surface area contributed by atoms with Gasteiger partial charge in [-0.05, 0) is 0 Å². The van der Waals surface area contributed by atoms with E-state index in [1.807, 2.05) is 0 Å². The predicted octanol–water partition coefficient (Wildman–Crippen LogP) is 2.70. The largest absolute Gasteiger partial charge is 0.447 e. The number of methoxy groups -OCH3 is 1. The number of hydrogen-bond acceptors (Lipinski definition) is 4. The highest BCUT2D eigenvalue weighted by Crippen LogP contribution is 2.34. The molecule has 0 amide bonds. The first-order chi connectivity index (χ1) is 10.8. The van der Waals surface area contributed by atoms with Crippen LogP contribution in [0.3, 0.4) is 0 Å². The molecule has 3 atom stereocenters. The van der Waals surface area contributed by atoms with Crippen molar-refractivity contribution in [3.63, 3.8) is 0 Å². The van der Waals surface area contributed by atoms with E-state index in [2.05, 4.69) is 9.73 Å². The molecule has 1 aromatic rings. The topological polar surface area (TPSA) is 51.0 Å². The van der Waals surface area contributed by atoms with Crippen LogP contribution in [0.5, 0.6) is 0 Å². The Bertz CT molecular complexity index is 598. The van der Waals surface area contributed by atoms with Gasteiger partial charge < -0.3 is 14.6 Å². The van der Waals surface area contributed by atoms with Crippen molar-refractivity contribution in [1.82, 2.24) is 0 Å². The molecule has 2 rings (SSSR count). The maximum atomic E-state index is 13.8. The molecule has 0 saturated heterocycles. The lowest BCUT2D eigenvalue weighted by Gasteiger charge is -2.30. The third-order valence-corrected chi connectivity index (χ3v) is 3.21. The molecule has 23 heavy (non-hydrogen) atoms. The summed E-state index contributed by atoms with van der Waals surface area (Å²) < 4.78 is 88.7. The van der Waals surface area contributed by atoms with Crippen LogP contribution in [0.25, 0.3) is 0 Å². The Labute approximate surface area is 126 Å². The van der Waals surface area contributed by atoms with Gasteiger partial charge in [0, 0.05) is 19.6 Å². The maximum Gasteiger partial charge on any atom is 0.312 e. The molecule has 0 fully saturated rings. The molecular weight excluding hydrogens is 332 g/mol. The van der Waals surface area contributed by atoms with Gasteiger partial charge in [0.25, 0.3) is 5.90 Å². The van der Waals surface area contributed by atoms with Crippen LogP contribution < -0.4 is 0 Å². The van der Waals surface area contributed by atoms with Crippen LogP contribution in [0.15, 0.2) is 11.1 Å². The average Bonchev–Trinajstić information content (AvgIpc) is 2.48. The van der Waals surface area contributed by atoms with Gasteiger partial charge in [-0.1, -0.05) is 0 Å². The van der Waals surface area contributed by atoms with Gasteiger partial charge in [-0.2, -0.15) is 8.78 Å². The molecule has 1 N–H and O–H groups in total. The number of benzene rings is 1. The maximum absolute atomic E-state index is 13.8. The summed E-state index contributed by atoms with van der Waals surface area (Å²) in [6, 6.07) is -1.42. The molecule has 4 nitrogen and oxygen atoms in total. The van der Waals surface area contributed by atoms with E-state index in [0.29, 0.717) is 0 Å². The third-order valence-electron chi connectivity index (χ3n) is 3.21. The first kappa shape index (κ1) is 17.5. The minimum atomic E-state index is -3.19. The van der Waals surface area contributed by atoms with Crippen LogP contribution >= 0.6 is 0 Å². The van der Waals surface area contributed by atoms with Crippen LogP contribution in [0, 0.1) is 23.3 Å². The van der Waals surface area contributed by atoms with Crippen molar-refractivity contribution in [2.24, 2.45) is 4.99 Å². The molecule has 1 heterocycles. The Kier molecular flexibility index (Phi) is 5.15. The molecule has 1 aliphatic rings. The molecule has 3 unspecified atom stereocenters. The van der Waals surface area contributed by atoms with E-state index in [0.717, 1.165) is 7.11 Å². The van der Waals surface area contributed by atoms with Gasteiger partial charge in [0.15, 0.2) is 23.3 Å². The highest BCUT2D eigenvalue weighted by atomic mass is 19.3. The fourth-order valence-corrected chi connectivity index (χ4v) is 2.25. The summed E-state index contributed by atoms with van der Waals surface area (Å²) in [7, 11) is 0.950. The Balaban J connectivity index is 2.50. The minimum absolute atomic E-state index is 0.00751. The van der Waals surface area contributed by atoms with E-state index >= 15 is 0 Å². The number of nitrogens with zero attached hydrogens (tertiary/aromatic N) is 1. The van der Waals surface area contributed by atoms with Gasteiger partial charge in [0.05, 0.1) is 11.6 Å². The molecule has 0 spiro atoms. The van der Waals surface area contributed by atoms with Gasteiger partial charge >= 0.3 is 6.43 Å². The zero-order valence-corrected chi connectivity index (χ0v) is 11.6. The number of hydrogen-bond donors (Lipinski definition) is 1. The van der Waals surface area contributed by atoms with Crippen LogP contribution in [-0.2, 0) is 9.47 Å². The van der Waals surface area contributed by atoms with Crippen molar-refractivity contribution in [2.75, 3.05) is 7.11 Å². The fraction of sp³-hybridized carbons (Fsp3) is 0.462. The molecular formula is C13H11F6NO3. The number of rotatable bonds is 4. The van der Waals surface area contributed by atoms with Crippen molar-refractivity contribution >= 4 is 5.90 Å². The number of aliphatic hydroxyl groups excluding tert-OH is 1. The summed E-state index contributed by atoms with van der Waals surface area (Å²) in [5, 5.41) is 9.41. The second kappa shape index (κ2) is 6.75. The zero-order chi connectivity index (χ0) is 17.3. The third kappa shape index (κ3) is 3.42.